The molecule has 134 valence electrons. The van der Waals surface area contributed by atoms with Crippen LogP contribution in [0.5, 0.6) is 0 Å². The van der Waals surface area contributed by atoms with E-state index in [0.717, 1.165) is 44.9 Å². The van der Waals surface area contributed by atoms with E-state index in [9.17, 15) is 19.8 Å². The summed E-state index contributed by atoms with van der Waals surface area (Å²) in [4.78, 5) is 24.9. The van der Waals surface area contributed by atoms with E-state index in [1.807, 2.05) is 0 Å². The fourth-order valence-corrected chi connectivity index (χ4v) is 7.46. The summed E-state index contributed by atoms with van der Waals surface area (Å²) in [6, 6.07) is 0. The van der Waals surface area contributed by atoms with Gasteiger partial charge in [-0.15, -0.1) is 0 Å². The molecule has 0 saturated heterocycles. The Kier molecular flexibility index (Phi) is 3.66. The molecule has 4 fully saturated rings. The summed E-state index contributed by atoms with van der Waals surface area (Å²) in [5, 5.41) is 19.7. The number of aliphatic hydroxyl groups is 1. The Labute approximate surface area is 144 Å². The van der Waals surface area contributed by atoms with Crippen molar-refractivity contribution in [3.63, 3.8) is 0 Å². The van der Waals surface area contributed by atoms with Crippen molar-refractivity contribution >= 4 is 11.8 Å². The smallest absolute Gasteiger partial charge is 0.307 e. The lowest BCUT2D eigenvalue weighted by Gasteiger charge is -2.59. The maximum Gasteiger partial charge on any atom is 0.307 e. The van der Waals surface area contributed by atoms with Gasteiger partial charge in [-0.2, -0.15) is 0 Å². The number of fused-ring (bicyclic) bond motifs is 5. The molecule has 0 amide bonds. The Morgan fingerprint density at radius 1 is 1.08 bits per heavy atom. The lowest BCUT2D eigenvalue weighted by atomic mass is 9.44. The van der Waals surface area contributed by atoms with Gasteiger partial charge in [-0.1, -0.05) is 13.8 Å². The second kappa shape index (κ2) is 5.30. The van der Waals surface area contributed by atoms with E-state index < -0.39 is 5.97 Å². The van der Waals surface area contributed by atoms with Gasteiger partial charge in [-0.25, -0.2) is 0 Å². The number of aliphatic hydroxyl groups excluding tert-OH is 1. The summed E-state index contributed by atoms with van der Waals surface area (Å²) < 4.78 is 0. The van der Waals surface area contributed by atoms with Crippen molar-refractivity contribution in [3.05, 3.63) is 0 Å². The molecule has 0 bridgehead atoms. The van der Waals surface area contributed by atoms with Gasteiger partial charge in [0.05, 0.1) is 12.0 Å². The summed E-state index contributed by atoms with van der Waals surface area (Å²) in [5.74, 6) is 0.526. The van der Waals surface area contributed by atoms with Gasteiger partial charge >= 0.3 is 5.97 Å². The maximum atomic E-state index is 13.2. The first-order chi connectivity index (χ1) is 11.3. The van der Waals surface area contributed by atoms with Gasteiger partial charge < -0.3 is 10.2 Å². The molecular weight excluding hydrogens is 304 g/mol. The molecule has 4 rings (SSSR count). The van der Waals surface area contributed by atoms with Crippen molar-refractivity contribution in [2.45, 2.75) is 71.3 Å². The van der Waals surface area contributed by atoms with Crippen LogP contribution in [0.3, 0.4) is 0 Å². The normalized spacial score (nSPS) is 53.9. The van der Waals surface area contributed by atoms with E-state index in [1.54, 1.807) is 0 Å². The minimum absolute atomic E-state index is 0.0157. The molecule has 4 aliphatic rings. The van der Waals surface area contributed by atoms with E-state index in [1.165, 1.54) is 0 Å². The molecule has 4 aliphatic carbocycles. The van der Waals surface area contributed by atoms with Gasteiger partial charge in [0.2, 0.25) is 0 Å². The SMILES string of the molecule is C[C@]12CC[C@H](O)C[C@@H]1CC[C@@H]1[C@H]3CC[C@@H](C(=O)O)[C@]3(C)CC(=O)[C@H]12. The fourth-order valence-electron chi connectivity index (χ4n) is 7.46. The van der Waals surface area contributed by atoms with Crippen molar-refractivity contribution in [3.8, 4) is 0 Å². The van der Waals surface area contributed by atoms with Crippen LogP contribution in [-0.4, -0.2) is 28.1 Å². The predicted molar refractivity (Wildman–Crippen MR) is 89.2 cm³/mol. The number of carboxylic acid groups (broad SMARTS) is 1. The summed E-state index contributed by atoms with van der Waals surface area (Å²) in [6.07, 6.45) is 6.65. The van der Waals surface area contributed by atoms with Crippen LogP contribution in [0.2, 0.25) is 0 Å². The van der Waals surface area contributed by atoms with Crippen LogP contribution in [-0.2, 0) is 9.59 Å². The van der Waals surface area contributed by atoms with Gasteiger partial charge in [-0.3, -0.25) is 9.59 Å². The molecule has 24 heavy (non-hydrogen) atoms. The van der Waals surface area contributed by atoms with E-state index in [-0.39, 0.29) is 28.8 Å². The Morgan fingerprint density at radius 3 is 2.54 bits per heavy atom. The summed E-state index contributed by atoms with van der Waals surface area (Å²) in [5.41, 5.74) is -0.330. The average molecular weight is 334 g/mol. The summed E-state index contributed by atoms with van der Waals surface area (Å²) in [7, 11) is 0. The van der Waals surface area contributed by atoms with Crippen molar-refractivity contribution in [1.29, 1.82) is 0 Å². The van der Waals surface area contributed by atoms with Crippen LogP contribution >= 0.6 is 0 Å². The highest BCUT2D eigenvalue weighted by Crippen LogP contribution is 2.66. The highest BCUT2D eigenvalue weighted by atomic mass is 16.4. The van der Waals surface area contributed by atoms with Gasteiger partial charge in [0.1, 0.15) is 5.78 Å². The van der Waals surface area contributed by atoms with Crippen LogP contribution in [0.25, 0.3) is 0 Å². The molecule has 0 unspecified atom stereocenters. The van der Waals surface area contributed by atoms with Gasteiger partial charge in [0.15, 0.2) is 0 Å². The van der Waals surface area contributed by atoms with Crippen LogP contribution in [0.1, 0.15) is 65.2 Å². The summed E-state index contributed by atoms with van der Waals surface area (Å²) >= 11 is 0. The quantitative estimate of drug-likeness (QED) is 0.772. The molecule has 0 radical (unpaired) electrons. The second-order valence-corrected chi connectivity index (χ2v) is 9.57. The number of carboxylic acids is 1. The molecule has 4 nitrogen and oxygen atoms in total. The molecule has 4 saturated carbocycles. The second-order valence-electron chi connectivity index (χ2n) is 9.57. The van der Waals surface area contributed by atoms with Crippen molar-refractivity contribution in [2.24, 2.45) is 40.4 Å². The number of hydrogen-bond acceptors (Lipinski definition) is 3. The first-order valence-electron chi connectivity index (χ1n) is 9.71. The predicted octanol–water partition coefficient (Wildman–Crippen LogP) is 3.27. The van der Waals surface area contributed by atoms with Gasteiger partial charge in [0, 0.05) is 12.3 Å². The first-order valence-corrected chi connectivity index (χ1v) is 9.71. The molecule has 4 heteroatoms. The maximum absolute atomic E-state index is 13.2. The zero-order valence-corrected chi connectivity index (χ0v) is 14.8. The molecule has 0 aromatic rings. The minimum Gasteiger partial charge on any atom is -0.481 e. The molecule has 0 spiro atoms. The molecule has 0 aromatic carbocycles. The highest BCUT2D eigenvalue weighted by molar-refractivity contribution is 5.85. The number of carbonyl (C=O) groups is 2. The van der Waals surface area contributed by atoms with E-state index >= 15 is 0 Å². The minimum atomic E-state index is -0.716. The zero-order valence-electron chi connectivity index (χ0n) is 14.8. The van der Waals surface area contributed by atoms with E-state index in [2.05, 4.69) is 13.8 Å². The van der Waals surface area contributed by atoms with Crippen LogP contribution in [0, 0.1) is 40.4 Å². The topological polar surface area (TPSA) is 74.6 Å². The van der Waals surface area contributed by atoms with Crippen molar-refractivity contribution in [2.75, 3.05) is 0 Å². The Bertz CT molecular complexity index is 572. The zero-order chi connectivity index (χ0) is 17.3. The van der Waals surface area contributed by atoms with Crippen molar-refractivity contribution in [1.82, 2.24) is 0 Å². The molecule has 2 N–H and O–H groups in total. The van der Waals surface area contributed by atoms with Crippen LogP contribution in [0.15, 0.2) is 0 Å². The number of hydrogen-bond donors (Lipinski definition) is 2. The fraction of sp³-hybridized carbons (Fsp3) is 0.900. The third-order valence-corrected chi connectivity index (χ3v) is 8.62. The molecule has 0 aromatic heterocycles. The number of ketones is 1. The molecule has 8 atom stereocenters. The number of carbonyl (C=O) groups excluding carboxylic acids is 1. The lowest BCUT2D eigenvalue weighted by molar-refractivity contribution is -0.165. The van der Waals surface area contributed by atoms with Gasteiger partial charge in [0.25, 0.3) is 0 Å². The third-order valence-electron chi connectivity index (χ3n) is 8.62. The number of rotatable bonds is 1. The van der Waals surface area contributed by atoms with Crippen molar-refractivity contribution < 1.29 is 19.8 Å². The molecular formula is C20H30O4. The Hall–Kier alpha value is -0.900. The number of aliphatic carboxylic acids is 1. The van der Waals surface area contributed by atoms with Crippen LogP contribution in [0.4, 0.5) is 0 Å². The average Bonchev–Trinajstić information content (AvgIpc) is 2.84. The Balaban J connectivity index is 1.68. The highest BCUT2D eigenvalue weighted by Gasteiger charge is 2.64. The summed E-state index contributed by atoms with van der Waals surface area (Å²) in [6.45, 7) is 4.35. The van der Waals surface area contributed by atoms with Crippen LogP contribution < -0.4 is 0 Å². The largest absolute Gasteiger partial charge is 0.481 e. The molecule has 0 aliphatic heterocycles. The molecule has 0 heterocycles. The van der Waals surface area contributed by atoms with E-state index in [4.69, 9.17) is 0 Å². The van der Waals surface area contributed by atoms with Gasteiger partial charge in [-0.05, 0) is 73.5 Å². The van der Waals surface area contributed by atoms with E-state index in [0.29, 0.717) is 30.0 Å². The monoisotopic (exact) mass is 334 g/mol. The number of Topliss-reactive ketones (excluding diaryl/α,β-unsaturated/α-hetero) is 1. The first kappa shape index (κ1) is 16.6. The standard InChI is InChI=1S/C20H30O4/c1-19-8-7-12(21)9-11(19)3-4-13-14-5-6-15(18(23)24)20(14,2)10-16(22)17(13)19/h11-15,17,21H,3-10H2,1-2H3,(H,23,24)/t11-,12-,13+,14+,15-,17-,19-,20+/m0/s1. The lowest BCUT2D eigenvalue weighted by Crippen LogP contribution is -2.58. The third kappa shape index (κ3) is 2.07. The Morgan fingerprint density at radius 2 is 1.83 bits per heavy atom.